The Morgan fingerprint density at radius 1 is 1.56 bits per heavy atom. The molecular formula is C13H17BrIN. The van der Waals surface area contributed by atoms with Crippen molar-refractivity contribution < 1.29 is 0 Å². The number of nitrogens with one attached hydrogen (secondary N) is 1. The summed E-state index contributed by atoms with van der Waals surface area (Å²) in [6.07, 6.45) is 2.03. The molecule has 0 aliphatic rings. The topological polar surface area (TPSA) is 12.0 Å². The summed E-state index contributed by atoms with van der Waals surface area (Å²) in [7, 11) is 2.00. The van der Waals surface area contributed by atoms with E-state index in [2.05, 4.69) is 75.5 Å². The highest BCUT2D eigenvalue weighted by atomic mass is 127. The van der Waals surface area contributed by atoms with Crippen LogP contribution in [0.4, 0.5) is 0 Å². The van der Waals surface area contributed by atoms with Gasteiger partial charge in [-0.3, -0.25) is 0 Å². The maximum absolute atomic E-state index is 4.08. The minimum absolute atomic E-state index is 0.344. The standard InChI is InChI=1S/C13H17BrIN/c1-4-9(2)7-13(16-3)11-8-10(15)5-6-12(11)14/h5-6,8,13,16H,2,4,7H2,1,3H3. The van der Waals surface area contributed by atoms with Crippen molar-refractivity contribution in [3.8, 4) is 0 Å². The zero-order valence-corrected chi connectivity index (χ0v) is 13.4. The van der Waals surface area contributed by atoms with E-state index >= 15 is 0 Å². The molecule has 1 aromatic rings. The van der Waals surface area contributed by atoms with E-state index in [0.717, 1.165) is 17.3 Å². The predicted octanol–water partition coefficient (Wildman–Crippen LogP) is 4.67. The third-order valence-corrected chi connectivity index (χ3v) is 4.07. The van der Waals surface area contributed by atoms with Crippen molar-refractivity contribution >= 4 is 38.5 Å². The molecule has 0 aromatic heterocycles. The number of hydrogen-bond acceptors (Lipinski definition) is 1. The van der Waals surface area contributed by atoms with E-state index in [1.165, 1.54) is 14.7 Å². The molecule has 16 heavy (non-hydrogen) atoms. The number of hydrogen-bond donors (Lipinski definition) is 1. The van der Waals surface area contributed by atoms with Gasteiger partial charge in [-0.1, -0.05) is 35.0 Å². The summed E-state index contributed by atoms with van der Waals surface area (Å²) in [4.78, 5) is 0. The first-order valence-electron chi connectivity index (χ1n) is 5.37. The van der Waals surface area contributed by atoms with Crippen LogP contribution in [0.5, 0.6) is 0 Å². The van der Waals surface area contributed by atoms with Crippen molar-refractivity contribution in [3.63, 3.8) is 0 Å². The Balaban J connectivity index is 2.94. The predicted molar refractivity (Wildman–Crippen MR) is 82.7 cm³/mol. The summed E-state index contributed by atoms with van der Waals surface area (Å²) in [5.41, 5.74) is 2.59. The molecule has 1 aromatic carbocycles. The van der Waals surface area contributed by atoms with Crippen LogP contribution in [0.2, 0.25) is 0 Å². The van der Waals surface area contributed by atoms with E-state index < -0.39 is 0 Å². The molecule has 1 rings (SSSR count). The maximum Gasteiger partial charge on any atom is 0.0366 e. The molecule has 0 saturated carbocycles. The Morgan fingerprint density at radius 2 is 2.25 bits per heavy atom. The second-order valence-electron chi connectivity index (χ2n) is 3.81. The summed E-state index contributed by atoms with van der Waals surface area (Å²) in [6.45, 7) is 6.23. The normalized spacial score (nSPS) is 12.5. The first-order valence-corrected chi connectivity index (χ1v) is 7.24. The van der Waals surface area contributed by atoms with Gasteiger partial charge in [0.05, 0.1) is 0 Å². The lowest BCUT2D eigenvalue weighted by Crippen LogP contribution is -2.17. The van der Waals surface area contributed by atoms with Crippen LogP contribution in [0.15, 0.2) is 34.8 Å². The summed E-state index contributed by atoms with van der Waals surface area (Å²) >= 11 is 5.95. The third kappa shape index (κ3) is 3.86. The number of rotatable bonds is 5. The highest BCUT2D eigenvalue weighted by Gasteiger charge is 2.13. The Bertz CT molecular complexity index is 376. The summed E-state index contributed by atoms with van der Waals surface area (Å²) in [6, 6.07) is 6.77. The molecule has 0 aliphatic heterocycles. The van der Waals surface area contributed by atoms with Crippen LogP contribution in [0.1, 0.15) is 31.4 Å². The molecule has 1 nitrogen and oxygen atoms in total. The van der Waals surface area contributed by atoms with Crippen LogP contribution < -0.4 is 5.32 Å². The molecule has 0 radical (unpaired) electrons. The third-order valence-electron chi connectivity index (χ3n) is 2.67. The highest BCUT2D eigenvalue weighted by molar-refractivity contribution is 14.1. The fourth-order valence-corrected chi connectivity index (χ4v) is 2.62. The smallest absolute Gasteiger partial charge is 0.0366 e. The summed E-state index contributed by atoms with van der Waals surface area (Å²) in [5, 5.41) is 3.36. The van der Waals surface area contributed by atoms with Crippen LogP contribution in [-0.4, -0.2) is 7.05 Å². The summed E-state index contributed by atoms with van der Waals surface area (Å²) < 4.78 is 2.43. The molecule has 0 fully saturated rings. The largest absolute Gasteiger partial charge is 0.313 e. The molecule has 0 saturated heterocycles. The Morgan fingerprint density at radius 3 is 2.81 bits per heavy atom. The van der Waals surface area contributed by atoms with Gasteiger partial charge in [0.25, 0.3) is 0 Å². The van der Waals surface area contributed by atoms with Gasteiger partial charge in [0, 0.05) is 14.1 Å². The lowest BCUT2D eigenvalue weighted by Gasteiger charge is -2.19. The van der Waals surface area contributed by atoms with Crippen molar-refractivity contribution in [3.05, 3.63) is 44.0 Å². The number of halogens is 2. The molecule has 1 N–H and O–H groups in total. The SMILES string of the molecule is C=C(CC)CC(NC)c1cc(I)ccc1Br. The Hall–Kier alpha value is 0.130. The van der Waals surface area contributed by atoms with Crippen LogP contribution in [0.25, 0.3) is 0 Å². The first kappa shape index (κ1) is 14.2. The van der Waals surface area contributed by atoms with Gasteiger partial charge in [-0.25, -0.2) is 0 Å². The van der Waals surface area contributed by atoms with Gasteiger partial charge in [0.1, 0.15) is 0 Å². The minimum atomic E-state index is 0.344. The average molecular weight is 394 g/mol. The second kappa shape index (κ2) is 6.77. The molecule has 0 amide bonds. The summed E-state index contributed by atoms with van der Waals surface area (Å²) in [5.74, 6) is 0. The zero-order chi connectivity index (χ0) is 12.1. The quantitative estimate of drug-likeness (QED) is 0.566. The first-order chi connectivity index (χ1) is 7.58. The van der Waals surface area contributed by atoms with Gasteiger partial charge in [-0.05, 0) is 66.2 Å². The average Bonchev–Trinajstić information content (AvgIpc) is 2.29. The molecule has 3 heteroatoms. The molecule has 1 atom stereocenters. The van der Waals surface area contributed by atoms with E-state index in [1.54, 1.807) is 0 Å². The van der Waals surface area contributed by atoms with Gasteiger partial charge in [0.15, 0.2) is 0 Å². The van der Waals surface area contributed by atoms with Crippen LogP contribution in [-0.2, 0) is 0 Å². The molecular weight excluding hydrogens is 377 g/mol. The van der Waals surface area contributed by atoms with Gasteiger partial charge < -0.3 is 5.32 Å². The van der Waals surface area contributed by atoms with Crippen molar-refractivity contribution in [1.82, 2.24) is 5.32 Å². The lowest BCUT2D eigenvalue weighted by atomic mass is 9.99. The fourth-order valence-electron chi connectivity index (χ4n) is 1.58. The zero-order valence-electron chi connectivity index (χ0n) is 9.69. The Kier molecular flexibility index (Phi) is 6.00. The van der Waals surface area contributed by atoms with Crippen LogP contribution in [0.3, 0.4) is 0 Å². The molecule has 0 bridgehead atoms. The van der Waals surface area contributed by atoms with Crippen molar-refractivity contribution in [2.45, 2.75) is 25.8 Å². The van der Waals surface area contributed by atoms with Crippen molar-refractivity contribution in [1.29, 1.82) is 0 Å². The molecule has 0 aliphatic carbocycles. The highest BCUT2D eigenvalue weighted by Crippen LogP contribution is 2.29. The molecule has 0 spiro atoms. The molecule has 0 heterocycles. The van der Waals surface area contributed by atoms with E-state index in [1.807, 2.05) is 7.05 Å². The monoisotopic (exact) mass is 393 g/mol. The van der Waals surface area contributed by atoms with E-state index in [4.69, 9.17) is 0 Å². The van der Waals surface area contributed by atoms with Gasteiger partial charge >= 0.3 is 0 Å². The molecule has 1 unspecified atom stereocenters. The molecule has 88 valence electrons. The van der Waals surface area contributed by atoms with E-state index in [-0.39, 0.29) is 0 Å². The van der Waals surface area contributed by atoms with Gasteiger partial charge in [-0.2, -0.15) is 0 Å². The number of benzene rings is 1. The van der Waals surface area contributed by atoms with Crippen LogP contribution >= 0.6 is 38.5 Å². The second-order valence-corrected chi connectivity index (χ2v) is 5.91. The fraction of sp³-hybridized carbons (Fsp3) is 0.385. The van der Waals surface area contributed by atoms with Crippen LogP contribution in [0, 0.1) is 3.57 Å². The van der Waals surface area contributed by atoms with Crippen molar-refractivity contribution in [2.24, 2.45) is 0 Å². The van der Waals surface area contributed by atoms with Gasteiger partial charge in [0.2, 0.25) is 0 Å². The van der Waals surface area contributed by atoms with E-state index in [9.17, 15) is 0 Å². The van der Waals surface area contributed by atoms with E-state index in [0.29, 0.717) is 6.04 Å². The van der Waals surface area contributed by atoms with Crippen molar-refractivity contribution in [2.75, 3.05) is 7.05 Å². The maximum atomic E-state index is 4.08. The van der Waals surface area contributed by atoms with Gasteiger partial charge in [-0.15, -0.1) is 0 Å². The lowest BCUT2D eigenvalue weighted by molar-refractivity contribution is 0.580. The minimum Gasteiger partial charge on any atom is -0.313 e. The Labute approximate surface area is 120 Å².